The highest BCUT2D eigenvalue weighted by atomic mass is 14.7. The van der Waals surface area contributed by atoms with Crippen molar-refractivity contribution in [2.75, 3.05) is 0 Å². The maximum Gasteiger partial charge on any atom is 0.0489 e. The third kappa shape index (κ3) is 2.34. The van der Waals surface area contributed by atoms with E-state index in [1.807, 2.05) is 0 Å². The molecule has 1 rings (SSSR count). The van der Waals surface area contributed by atoms with Gasteiger partial charge in [-0.25, -0.2) is 0 Å². The summed E-state index contributed by atoms with van der Waals surface area (Å²) in [4.78, 5) is 4.74. The molecule has 0 amide bonds. The van der Waals surface area contributed by atoms with Crippen molar-refractivity contribution >= 4 is 0 Å². The summed E-state index contributed by atoms with van der Waals surface area (Å²) in [6.07, 6.45) is 0. The van der Waals surface area contributed by atoms with E-state index in [0.717, 1.165) is 0 Å². The monoisotopic (exact) mass is 191 g/mol. The number of rotatable bonds is 1. The minimum absolute atomic E-state index is 0.148. The number of hydrogen-bond donors (Lipinski definition) is 0. The molecule has 14 heavy (non-hydrogen) atoms. The van der Waals surface area contributed by atoms with E-state index in [1.54, 1.807) is 0 Å². The SMILES string of the molecule is Cc1ccc(C(C)C)nc1C(C)(C)C. The van der Waals surface area contributed by atoms with Crippen LogP contribution < -0.4 is 0 Å². The molecule has 0 fully saturated rings. The first kappa shape index (κ1) is 11.2. The minimum atomic E-state index is 0.148. The van der Waals surface area contributed by atoms with Gasteiger partial charge in [-0.05, 0) is 24.5 Å². The topological polar surface area (TPSA) is 12.9 Å². The fourth-order valence-corrected chi connectivity index (χ4v) is 1.62. The molecule has 1 aromatic heterocycles. The van der Waals surface area contributed by atoms with Crippen molar-refractivity contribution in [3.8, 4) is 0 Å². The van der Waals surface area contributed by atoms with Crippen LogP contribution in [0.2, 0.25) is 0 Å². The summed E-state index contributed by atoms with van der Waals surface area (Å²) in [7, 11) is 0. The molecule has 0 N–H and O–H groups in total. The lowest BCUT2D eigenvalue weighted by atomic mass is 9.88. The van der Waals surface area contributed by atoms with Crippen molar-refractivity contribution in [3.05, 3.63) is 29.1 Å². The molecule has 0 aliphatic heterocycles. The molecule has 1 aromatic rings. The van der Waals surface area contributed by atoms with E-state index in [0.29, 0.717) is 5.92 Å². The Bertz CT molecular complexity index is 318. The van der Waals surface area contributed by atoms with E-state index < -0.39 is 0 Å². The third-order valence-electron chi connectivity index (χ3n) is 2.42. The molecule has 0 aliphatic rings. The highest BCUT2D eigenvalue weighted by Gasteiger charge is 2.18. The predicted molar refractivity (Wildman–Crippen MR) is 61.8 cm³/mol. The Hall–Kier alpha value is -0.850. The number of nitrogens with zero attached hydrogens (tertiary/aromatic N) is 1. The Morgan fingerprint density at radius 2 is 1.71 bits per heavy atom. The molecule has 0 spiro atoms. The van der Waals surface area contributed by atoms with E-state index >= 15 is 0 Å². The van der Waals surface area contributed by atoms with Gasteiger partial charge in [0.05, 0.1) is 0 Å². The summed E-state index contributed by atoms with van der Waals surface area (Å²) < 4.78 is 0. The molecule has 1 heteroatoms. The fourth-order valence-electron chi connectivity index (χ4n) is 1.62. The molecule has 0 aromatic carbocycles. The second-order valence-corrected chi connectivity index (χ2v) is 5.31. The standard InChI is InChI=1S/C13H21N/c1-9(2)11-8-7-10(3)12(14-11)13(4,5)6/h7-9H,1-6H3. The molecule has 0 atom stereocenters. The van der Waals surface area contributed by atoms with Crippen molar-refractivity contribution in [2.45, 2.75) is 52.9 Å². The largest absolute Gasteiger partial charge is 0.257 e. The maximum atomic E-state index is 4.74. The summed E-state index contributed by atoms with van der Waals surface area (Å²) in [6.45, 7) is 13.2. The average molecular weight is 191 g/mol. The van der Waals surface area contributed by atoms with Crippen LogP contribution >= 0.6 is 0 Å². The lowest BCUT2D eigenvalue weighted by Gasteiger charge is -2.21. The molecule has 0 saturated heterocycles. The van der Waals surface area contributed by atoms with Crippen molar-refractivity contribution in [1.29, 1.82) is 0 Å². The number of hydrogen-bond acceptors (Lipinski definition) is 1. The van der Waals surface area contributed by atoms with Crippen LogP contribution in [0.3, 0.4) is 0 Å². The Labute approximate surface area is 87.6 Å². The minimum Gasteiger partial charge on any atom is -0.257 e. The van der Waals surface area contributed by atoms with Crippen LogP contribution in [0.1, 0.15) is 57.5 Å². The van der Waals surface area contributed by atoms with Gasteiger partial charge in [-0.3, -0.25) is 4.98 Å². The van der Waals surface area contributed by atoms with Crippen LogP contribution in [-0.4, -0.2) is 4.98 Å². The number of aromatic nitrogens is 1. The van der Waals surface area contributed by atoms with Crippen molar-refractivity contribution < 1.29 is 0 Å². The summed E-state index contributed by atoms with van der Waals surface area (Å²) >= 11 is 0. The molecule has 0 bridgehead atoms. The van der Waals surface area contributed by atoms with Crippen LogP contribution in [0.15, 0.2) is 12.1 Å². The first-order valence-corrected chi connectivity index (χ1v) is 5.30. The second kappa shape index (κ2) is 3.72. The van der Waals surface area contributed by atoms with Crippen LogP contribution in [0.5, 0.6) is 0 Å². The van der Waals surface area contributed by atoms with Gasteiger partial charge in [-0.15, -0.1) is 0 Å². The van der Waals surface area contributed by atoms with E-state index in [-0.39, 0.29) is 5.41 Å². The van der Waals surface area contributed by atoms with Gasteiger partial charge in [0.1, 0.15) is 0 Å². The van der Waals surface area contributed by atoms with E-state index in [9.17, 15) is 0 Å². The molecule has 0 aliphatic carbocycles. The molecule has 1 nitrogen and oxygen atoms in total. The quantitative estimate of drug-likeness (QED) is 0.657. The van der Waals surface area contributed by atoms with Gasteiger partial charge in [0, 0.05) is 16.8 Å². The van der Waals surface area contributed by atoms with Crippen LogP contribution in [0.25, 0.3) is 0 Å². The third-order valence-corrected chi connectivity index (χ3v) is 2.42. The number of aryl methyl sites for hydroxylation is 1. The van der Waals surface area contributed by atoms with Gasteiger partial charge in [0.2, 0.25) is 0 Å². The van der Waals surface area contributed by atoms with Gasteiger partial charge in [0.25, 0.3) is 0 Å². The zero-order chi connectivity index (χ0) is 10.9. The Morgan fingerprint density at radius 1 is 1.14 bits per heavy atom. The molecular weight excluding hydrogens is 170 g/mol. The lowest BCUT2D eigenvalue weighted by molar-refractivity contribution is 0.558. The van der Waals surface area contributed by atoms with Crippen LogP contribution in [0, 0.1) is 6.92 Å². The predicted octanol–water partition coefficient (Wildman–Crippen LogP) is 3.81. The second-order valence-electron chi connectivity index (χ2n) is 5.31. The molecule has 78 valence electrons. The molecule has 0 unspecified atom stereocenters. The molecule has 0 saturated carbocycles. The average Bonchev–Trinajstić information content (AvgIpc) is 2.02. The zero-order valence-corrected chi connectivity index (χ0v) is 10.2. The van der Waals surface area contributed by atoms with E-state index in [4.69, 9.17) is 4.98 Å². The lowest BCUT2D eigenvalue weighted by Crippen LogP contribution is -2.16. The Kier molecular flexibility index (Phi) is 2.98. The van der Waals surface area contributed by atoms with E-state index in [1.165, 1.54) is 17.0 Å². The van der Waals surface area contributed by atoms with Crippen molar-refractivity contribution in [1.82, 2.24) is 4.98 Å². The van der Waals surface area contributed by atoms with Crippen molar-refractivity contribution in [2.24, 2.45) is 0 Å². The molecule has 0 radical (unpaired) electrons. The van der Waals surface area contributed by atoms with Gasteiger partial charge in [0.15, 0.2) is 0 Å². The molecule has 1 heterocycles. The van der Waals surface area contributed by atoms with Gasteiger partial charge in [-0.2, -0.15) is 0 Å². The van der Waals surface area contributed by atoms with E-state index in [2.05, 4.69) is 53.7 Å². The zero-order valence-electron chi connectivity index (χ0n) is 10.2. The summed E-state index contributed by atoms with van der Waals surface area (Å²) in [6, 6.07) is 4.32. The van der Waals surface area contributed by atoms with Gasteiger partial charge in [-0.1, -0.05) is 40.7 Å². The maximum absolute atomic E-state index is 4.74. The summed E-state index contributed by atoms with van der Waals surface area (Å²) in [5, 5.41) is 0. The van der Waals surface area contributed by atoms with Crippen LogP contribution in [-0.2, 0) is 5.41 Å². The fraction of sp³-hybridized carbons (Fsp3) is 0.615. The van der Waals surface area contributed by atoms with Crippen LogP contribution in [0.4, 0.5) is 0 Å². The first-order chi connectivity index (χ1) is 6.32. The smallest absolute Gasteiger partial charge is 0.0489 e. The summed E-state index contributed by atoms with van der Waals surface area (Å²) in [5.41, 5.74) is 3.86. The van der Waals surface area contributed by atoms with Gasteiger partial charge >= 0.3 is 0 Å². The normalized spacial score (nSPS) is 12.2. The Morgan fingerprint density at radius 3 is 2.14 bits per heavy atom. The highest BCUT2D eigenvalue weighted by Crippen LogP contribution is 2.25. The number of pyridine rings is 1. The van der Waals surface area contributed by atoms with Crippen molar-refractivity contribution in [3.63, 3.8) is 0 Å². The highest BCUT2D eigenvalue weighted by molar-refractivity contribution is 5.27. The van der Waals surface area contributed by atoms with Gasteiger partial charge < -0.3 is 0 Å². The summed E-state index contributed by atoms with van der Waals surface area (Å²) in [5.74, 6) is 0.511. The first-order valence-electron chi connectivity index (χ1n) is 5.30. The Balaban J connectivity index is 3.22. The molecular formula is C13H21N.